The van der Waals surface area contributed by atoms with Crippen LogP contribution in [0.4, 0.5) is 5.69 Å². The molecular weight excluding hydrogens is 244 g/mol. The van der Waals surface area contributed by atoms with Gasteiger partial charge < -0.3 is 15.2 Å². The highest BCUT2D eigenvalue weighted by molar-refractivity contribution is 5.43. The number of anilines is 1. The minimum atomic E-state index is 0.0253. The normalized spacial score (nSPS) is 18.6. The molecule has 1 aromatic heterocycles. The maximum Gasteiger partial charge on any atom is 0.179 e. The molecule has 1 fully saturated rings. The molecule has 0 bridgehead atoms. The van der Waals surface area contributed by atoms with E-state index in [0.717, 1.165) is 25.2 Å². The van der Waals surface area contributed by atoms with Crippen molar-refractivity contribution < 1.29 is 9.47 Å². The summed E-state index contributed by atoms with van der Waals surface area (Å²) in [7, 11) is 0. The van der Waals surface area contributed by atoms with Crippen molar-refractivity contribution in [3.63, 3.8) is 0 Å². The van der Waals surface area contributed by atoms with E-state index >= 15 is 0 Å². The summed E-state index contributed by atoms with van der Waals surface area (Å²) in [6.45, 7) is 1.12. The Balaban J connectivity index is 1.61. The number of rotatable bonds is 4. The summed E-state index contributed by atoms with van der Waals surface area (Å²) < 4.78 is 11.1. The molecule has 3 rings (SSSR count). The van der Waals surface area contributed by atoms with Crippen molar-refractivity contribution in [3.8, 4) is 5.75 Å². The fourth-order valence-electron chi connectivity index (χ4n) is 2.06. The summed E-state index contributed by atoms with van der Waals surface area (Å²) in [4.78, 5) is 4.38. The van der Waals surface area contributed by atoms with Crippen molar-refractivity contribution in [2.45, 2.75) is 25.6 Å². The second-order valence-electron chi connectivity index (χ2n) is 4.50. The number of nitrogens with one attached hydrogen (secondary N) is 1. The van der Waals surface area contributed by atoms with Crippen LogP contribution in [0.15, 0.2) is 24.3 Å². The Morgan fingerprint density at radius 3 is 3.21 bits per heavy atom. The number of aromatic amines is 1. The minimum absolute atomic E-state index is 0.0253. The molecule has 0 aliphatic carbocycles. The van der Waals surface area contributed by atoms with Crippen molar-refractivity contribution >= 4 is 5.69 Å². The quantitative estimate of drug-likeness (QED) is 0.819. The largest absolute Gasteiger partial charge is 0.486 e. The zero-order chi connectivity index (χ0) is 13.1. The van der Waals surface area contributed by atoms with Crippen LogP contribution in [0.3, 0.4) is 0 Å². The first-order chi connectivity index (χ1) is 9.31. The van der Waals surface area contributed by atoms with E-state index in [0.29, 0.717) is 23.9 Å². The van der Waals surface area contributed by atoms with Crippen LogP contribution in [-0.2, 0) is 11.3 Å². The summed E-state index contributed by atoms with van der Waals surface area (Å²) in [5, 5.41) is 7.03. The second kappa shape index (κ2) is 5.27. The highest BCUT2D eigenvalue weighted by Gasteiger charge is 2.21. The summed E-state index contributed by atoms with van der Waals surface area (Å²) in [6, 6.07) is 7.30. The van der Waals surface area contributed by atoms with Gasteiger partial charge in [-0.15, -0.1) is 0 Å². The van der Waals surface area contributed by atoms with Gasteiger partial charge in [0.15, 0.2) is 11.6 Å². The molecule has 0 radical (unpaired) electrons. The molecule has 0 amide bonds. The highest BCUT2D eigenvalue weighted by Crippen LogP contribution is 2.25. The van der Waals surface area contributed by atoms with E-state index < -0.39 is 0 Å². The van der Waals surface area contributed by atoms with Crippen LogP contribution >= 0.6 is 0 Å². The molecule has 1 atom stereocenters. The van der Waals surface area contributed by atoms with E-state index in [-0.39, 0.29) is 6.10 Å². The summed E-state index contributed by atoms with van der Waals surface area (Å²) in [5.41, 5.74) is 6.36. The zero-order valence-corrected chi connectivity index (χ0v) is 10.5. The molecule has 3 N–H and O–H groups in total. The van der Waals surface area contributed by atoms with Gasteiger partial charge in [0, 0.05) is 18.4 Å². The summed E-state index contributed by atoms with van der Waals surface area (Å²) in [6.07, 6.45) is 2.07. The monoisotopic (exact) mass is 260 g/mol. The van der Waals surface area contributed by atoms with E-state index in [1.165, 1.54) is 0 Å². The van der Waals surface area contributed by atoms with Gasteiger partial charge in [-0.05, 0) is 25.0 Å². The van der Waals surface area contributed by atoms with Crippen LogP contribution in [0.25, 0.3) is 0 Å². The fourth-order valence-corrected chi connectivity index (χ4v) is 2.06. The van der Waals surface area contributed by atoms with Gasteiger partial charge in [0.05, 0.1) is 0 Å². The lowest BCUT2D eigenvalue weighted by Gasteiger charge is -2.04. The molecule has 0 saturated carbocycles. The molecule has 2 aromatic rings. The van der Waals surface area contributed by atoms with Crippen molar-refractivity contribution in [3.05, 3.63) is 35.9 Å². The fraction of sp³-hybridized carbons (Fsp3) is 0.385. The first kappa shape index (κ1) is 12.0. The van der Waals surface area contributed by atoms with Crippen LogP contribution in [0.1, 0.15) is 30.6 Å². The number of nitrogens with two attached hydrogens (primary N) is 1. The minimum Gasteiger partial charge on any atom is -0.486 e. The predicted octanol–water partition coefficient (Wildman–Crippen LogP) is 1.82. The molecule has 1 aliphatic rings. The molecule has 0 spiro atoms. The maximum atomic E-state index is 5.68. The van der Waals surface area contributed by atoms with Crippen molar-refractivity contribution in [2.75, 3.05) is 12.3 Å². The van der Waals surface area contributed by atoms with Crippen molar-refractivity contribution in [2.24, 2.45) is 0 Å². The Bertz CT molecular complexity index is 549. The predicted molar refractivity (Wildman–Crippen MR) is 69.5 cm³/mol. The van der Waals surface area contributed by atoms with Gasteiger partial charge in [-0.3, -0.25) is 5.10 Å². The second-order valence-corrected chi connectivity index (χ2v) is 4.50. The third-order valence-corrected chi connectivity index (χ3v) is 3.00. The van der Waals surface area contributed by atoms with E-state index in [1.807, 2.05) is 18.2 Å². The van der Waals surface area contributed by atoms with Crippen LogP contribution in [0.2, 0.25) is 0 Å². The van der Waals surface area contributed by atoms with E-state index in [4.69, 9.17) is 15.2 Å². The molecule has 6 nitrogen and oxygen atoms in total. The number of nitrogens with zero attached hydrogens (tertiary/aromatic N) is 2. The van der Waals surface area contributed by atoms with Crippen LogP contribution in [0, 0.1) is 0 Å². The van der Waals surface area contributed by atoms with Crippen LogP contribution in [0.5, 0.6) is 5.75 Å². The van der Waals surface area contributed by atoms with Gasteiger partial charge >= 0.3 is 0 Å². The SMILES string of the molecule is Nc1cccc(OCc2nc(C3CCCO3)n[nH]2)c1. The number of benzene rings is 1. The Kier molecular flexibility index (Phi) is 3.33. The van der Waals surface area contributed by atoms with Gasteiger partial charge in [0.1, 0.15) is 18.5 Å². The van der Waals surface area contributed by atoms with E-state index in [9.17, 15) is 0 Å². The van der Waals surface area contributed by atoms with E-state index in [1.54, 1.807) is 6.07 Å². The molecule has 1 aromatic carbocycles. The van der Waals surface area contributed by atoms with E-state index in [2.05, 4.69) is 15.2 Å². The van der Waals surface area contributed by atoms with Crippen LogP contribution in [-0.4, -0.2) is 21.8 Å². The molecule has 1 saturated heterocycles. The number of hydrogen-bond acceptors (Lipinski definition) is 5. The number of hydrogen-bond donors (Lipinski definition) is 2. The van der Waals surface area contributed by atoms with Crippen molar-refractivity contribution in [1.82, 2.24) is 15.2 Å². The Labute approximate surface area is 110 Å². The Morgan fingerprint density at radius 1 is 1.47 bits per heavy atom. The molecule has 1 unspecified atom stereocenters. The maximum absolute atomic E-state index is 5.68. The van der Waals surface area contributed by atoms with Gasteiger partial charge in [0.25, 0.3) is 0 Å². The number of H-pyrrole nitrogens is 1. The van der Waals surface area contributed by atoms with Gasteiger partial charge in [-0.2, -0.15) is 5.10 Å². The topological polar surface area (TPSA) is 86.1 Å². The third-order valence-electron chi connectivity index (χ3n) is 3.00. The zero-order valence-electron chi connectivity index (χ0n) is 10.5. The summed E-state index contributed by atoms with van der Waals surface area (Å²) >= 11 is 0. The molecule has 6 heteroatoms. The molecule has 100 valence electrons. The lowest BCUT2D eigenvalue weighted by molar-refractivity contribution is 0.105. The third kappa shape index (κ3) is 2.85. The Hall–Kier alpha value is -2.08. The Morgan fingerprint density at radius 2 is 2.42 bits per heavy atom. The summed E-state index contributed by atoms with van der Waals surface area (Å²) in [5.74, 6) is 2.12. The molecule has 19 heavy (non-hydrogen) atoms. The van der Waals surface area contributed by atoms with Gasteiger partial charge in [0.2, 0.25) is 0 Å². The van der Waals surface area contributed by atoms with Gasteiger partial charge in [-0.25, -0.2) is 4.98 Å². The van der Waals surface area contributed by atoms with Gasteiger partial charge in [-0.1, -0.05) is 6.07 Å². The standard InChI is InChI=1S/C13H16N4O2/c14-9-3-1-4-10(7-9)19-8-12-15-13(17-16-12)11-5-2-6-18-11/h1,3-4,7,11H,2,5-6,8,14H2,(H,15,16,17). The first-order valence-corrected chi connectivity index (χ1v) is 6.32. The first-order valence-electron chi connectivity index (χ1n) is 6.32. The molecule has 1 aliphatic heterocycles. The molecule has 2 heterocycles. The molecular formula is C13H16N4O2. The number of nitrogen functional groups attached to an aromatic ring is 1. The smallest absolute Gasteiger partial charge is 0.179 e. The lowest BCUT2D eigenvalue weighted by atomic mass is 10.2. The number of ether oxygens (including phenoxy) is 2. The highest BCUT2D eigenvalue weighted by atomic mass is 16.5. The average Bonchev–Trinajstić information content (AvgIpc) is 3.07. The lowest BCUT2D eigenvalue weighted by Crippen LogP contribution is -2.00. The average molecular weight is 260 g/mol. The van der Waals surface area contributed by atoms with Crippen LogP contribution < -0.4 is 10.5 Å². The number of aromatic nitrogens is 3. The van der Waals surface area contributed by atoms with Crippen molar-refractivity contribution in [1.29, 1.82) is 0 Å².